The number of likely N-dealkylation sites (N-methyl/N-ethyl adjacent to an activating group) is 1. The van der Waals surface area contributed by atoms with E-state index in [0.29, 0.717) is 12.6 Å². The summed E-state index contributed by atoms with van der Waals surface area (Å²) < 4.78 is 56.0. The molecule has 0 saturated carbocycles. The molecule has 0 spiro atoms. The van der Waals surface area contributed by atoms with Crippen LogP contribution in [0.25, 0.3) is 0 Å². The van der Waals surface area contributed by atoms with E-state index in [4.69, 9.17) is 17.5 Å². The van der Waals surface area contributed by atoms with Gasteiger partial charge in [-0.3, -0.25) is 9.69 Å². The van der Waals surface area contributed by atoms with Crippen molar-refractivity contribution in [2.24, 2.45) is 0 Å². The fourth-order valence-electron chi connectivity index (χ4n) is 3.99. The van der Waals surface area contributed by atoms with E-state index < -0.39 is 46.1 Å². The molecular weight excluding hydrogens is 500 g/mol. The Balaban J connectivity index is 2.19. The van der Waals surface area contributed by atoms with Crippen molar-refractivity contribution in [2.75, 3.05) is 30.4 Å². The highest BCUT2D eigenvalue weighted by Crippen LogP contribution is 2.41. The number of aromatic carboxylic acids is 1. The van der Waals surface area contributed by atoms with Gasteiger partial charge in [0.05, 0.1) is 34.1 Å². The number of benzene rings is 2. The Bertz CT molecular complexity index is 1300. The van der Waals surface area contributed by atoms with Crippen molar-refractivity contribution in [3.8, 4) is 6.07 Å². The quantitative estimate of drug-likeness (QED) is 0.444. The Morgan fingerprint density at radius 3 is 2.39 bits per heavy atom. The lowest BCUT2D eigenvalue weighted by molar-refractivity contribution is -0.137. The number of carboxylic acid groups (broad SMARTS) is 1. The van der Waals surface area contributed by atoms with Gasteiger partial charge in [0.2, 0.25) is 0 Å². The Morgan fingerprint density at radius 1 is 1.22 bits per heavy atom. The molecule has 12 heteroatoms. The molecule has 1 aliphatic heterocycles. The first kappa shape index (κ1) is 27.0. The van der Waals surface area contributed by atoms with Crippen LogP contribution >= 0.6 is 12.2 Å². The van der Waals surface area contributed by atoms with E-state index in [9.17, 15) is 27.9 Å². The van der Waals surface area contributed by atoms with Crippen molar-refractivity contribution in [3.63, 3.8) is 0 Å². The molecule has 1 N–H and O–H groups in total. The first-order chi connectivity index (χ1) is 16.6. The minimum Gasteiger partial charge on any atom is -0.478 e. The van der Waals surface area contributed by atoms with E-state index >= 15 is 4.39 Å². The Labute approximate surface area is 210 Å². The van der Waals surface area contributed by atoms with Gasteiger partial charge in [-0.25, -0.2) is 9.18 Å². The van der Waals surface area contributed by atoms with Gasteiger partial charge in [0.15, 0.2) is 5.11 Å². The molecule has 7 nitrogen and oxygen atoms in total. The average Bonchev–Trinajstić information content (AvgIpc) is 2.95. The molecule has 1 fully saturated rings. The number of carbonyl (C=O) groups is 2. The molecule has 0 aromatic heterocycles. The third kappa shape index (κ3) is 4.64. The molecule has 3 rings (SSSR count). The van der Waals surface area contributed by atoms with E-state index in [-0.39, 0.29) is 28.5 Å². The molecule has 1 saturated heterocycles. The van der Waals surface area contributed by atoms with Crippen LogP contribution in [0, 0.1) is 17.1 Å². The number of thiocarbonyl (C=S) groups is 1. The Morgan fingerprint density at radius 2 is 1.86 bits per heavy atom. The third-order valence-corrected chi connectivity index (χ3v) is 6.22. The number of halogens is 4. The zero-order valence-electron chi connectivity index (χ0n) is 19.8. The maximum absolute atomic E-state index is 15.3. The number of nitriles is 1. The average molecular weight is 523 g/mol. The van der Waals surface area contributed by atoms with Gasteiger partial charge < -0.3 is 14.9 Å². The van der Waals surface area contributed by atoms with Crippen LogP contribution in [0.2, 0.25) is 0 Å². The minimum atomic E-state index is -4.85. The predicted molar refractivity (Wildman–Crippen MR) is 128 cm³/mol. The first-order valence-corrected chi connectivity index (χ1v) is 11.0. The maximum atomic E-state index is 15.3. The standard InChI is InChI=1S/C24H22F4N4O3S/c1-23(2)21(35)31(14-6-5-13(12-29)17(11-14)24(26,27)28)22(36)32(23)18-8-7-16(20(33)34)19(25)15(18)9-10-30(3)4/h5-8,11H,9-10H2,1-4H3,(H,33,34). The second-order valence-corrected chi connectivity index (χ2v) is 9.31. The highest BCUT2D eigenvalue weighted by molar-refractivity contribution is 7.81. The molecular formula is C24H22F4N4O3S. The molecule has 0 bridgehead atoms. The topological polar surface area (TPSA) is 87.9 Å². The summed E-state index contributed by atoms with van der Waals surface area (Å²) in [5, 5.41) is 18.2. The molecule has 0 aliphatic carbocycles. The Hall–Kier alpha value is -3.56. The van der Waals surface area contributed by atoms with E-state index in [1.54, 1.807) is 19.0 Å². The molecule has 190 valence electrons. The smallest absolute Gasteiger partial charge is 0.417 e. The molecule has 2 aromatic rings. The second-order valence-electron chi connectivity index (χ2n) is 8.94. The number of hydrogen-bond acceptors (Lipinski definition) is 5. The van der Waals surface area contributed by atoms with Crippen LogP contribution in [0.15, 0.2) is 30.3 Å². The number of anilines is 2. The zero-order valence-corrected chi connectivity index (χ0v) is 20.6. The predicted octanol–water partition coefficient (Wildman–Crippen LogP) is 4.44. The lowest BCUT2D eigenvalue weighted by Gasteiger charge is -2.32. The largest absolute Gasteiger partial charge is 0.478 e. The summed E-state index contributed by atoms with van der Waals surface area (Å²) in [4.78, 5) is 28.9. The number of carboxylic acids is 1. The van der Waals surface area contributed by atoms with Gasteiger partial charge >= 0.3 is 12.1 Å². The summed E-state index contributed by atoms with van der Waals surface area (Å²) in [5.74, 6) is -3.13. The van der Waals surface area contributed by atoms with Crippen LogP contribution < -0.4 is 9.80 Å². The third-order valence-electron chi connectivity index (χ3n) is 5.85. The van der Waals surface area contributed by atoms with Gasteiger partial charge in [-0.2, -0.15) is 18.4 Å². The van der Waals surface area contributed by atoms with Crippen molar-refractivity contribution in [1.82, 2.24) is 4.90 Å². The molecule has 1 aliphatic rings. The summed E-state index contributed by atoms with van der Waals surface area (Å²) in [7, 11) is 3.49. The van der Waals surface area contributed by atoms with Crippen LogP contribution in [-0.2, 0) is 17.4 Å². The minimum absolute atomic E-state index is 0.00415. The molecule has 0 unspecified atom stereocenters. The Kier molecular flexibility index (Phi) is 7.12. The molecule has 36 heavy (non-hydrogen) atoms. The highest BCUT2D eigenvalue weighted by Gasteiger charge is 2.51. The van der Waals surface area contributed by atoms with Crippen molar-refractivity contribution >= 4 is 40.6 Å². The van der Waals surface area contributed by atoms with E-state index in [0.717, 1.165) is 17.0 Å². The van der Waals surface area contributed by atoms with Crippen molar-refractivity contribution in [2.45, 2.75) is 32.0 Å². The van der Waals surface area contributed by atoms with Crippen LogP contribution in [0.4, 0.5) is 28.9 Å². The summed E-state index contributed by atoms with van der Waals surface area (Å²) in [6.45, 7) is 3.31. The van der Waals surface area contributed by atoms with Gasteiger partial charge in [-0.05, 0) is 76.9 Å². The van der Waals surface area contributed by atoms with Crippen molar-refractivity contribution < 1.29 is 32.3 Å². The van der Waals surface area contributed by atoms with E-state index in [1.165, 1.54) is 36.9 Å². The molecule has 0 radical (unpaired) electrons. The number of rotatable bonds is 6. The fraction of sp³-hybridized carbons (Fsp3) is 0.333. The van der Waals surface area contributed by atoms with Crippen LogP contribution in [0.5, 0.6) is 0 Å². The van der Waals surface area contributed by atoms with Gasteiger partial charge in [-0.1, -0.05) is 0 Å². The maximum Gasteiger partial charge on any atom is 0.417 e. The summed E-state index contributed by atoms with van der Waals surface area (Å²) >= 11 is 5.51. The van der Waals surface area contributed by atoms with Crippen LogP contribution in [0.1, 0.15) is 40.9 Å². The number of hydrogen-bond donors (Lipinski definition) is 1. The SMILES string of the molecule is CN(C)CCc1c(N2C(=S)N(c3ccc(C#N)c(C(F)(F)F)c3)C(=O)C2(C)C)ccc(C(=O)O)c1F. The van der Waals surface area contributed by atoms with Crippen LogP contribution in [-0.4, -0.2) is 53.2 Å². The molecule has 1 heterocycles. The van der Waals surface area contributed by atoms with E-state index in [1.807, 2.05) is 0 Å². The molecule has 1 amide bonds. The fourth-order valence-corrected chi connectivity index (χ4v) is 4.50. The van der Waals surface area contributed by atoms with E-state index in [2.05, 4.69) is 0 Å². The number of amides is 1. The molecule has 2 aromatic carbocycles. The number of carbonyl (C=O) groups excluding carboxylic acids is 1. The normalized spacial score (nSPS) is 15.6. The monoisotopic (exact) mass is 522 g/mol. The zero-order chi connectivity index (χ0) is 27.2. The lowest BCUT2D eigenvalue weighted by Crippen LogP contribution is -2.45. The van der Waals surface area contributed by atoms with Crippen LogP contribution in [0.3, 0.4) is 0 Å². The van der Waals surface area contributed by atoms with Gasteiger partial charge in [0.1, 0.15) is 11.4 Å². The van der Waals surface area contributed by atoms with Gasteiger partial charge in [0.25, 0.3) is 5.91 Å². The van der Waals surface area contributed by atoms with Gasteiger partial charge in [-0.15, -0.1) is 0 Å². The summed E-state index contributed by atoms with van der Waals surface area (Å²) in [5.41, 5.74) is -3.91. The van der Waals surface area contributed by atoms with Crippen molar-refractivity contribution in [3.05, 3.63) is 58.4 Å². The number of alkyl halides is 3. The van der Waals surface area contributed by atoms with Crippen molar-refractivity contribution in [1.29, 1.82) is 5.26 Å². The lowest BCUT2D eigenvalue weighted by atomic mass is 9.98. The highest BCUT2D eigenvalue weighted by atomic mass is 32.1. The first-order valence-electron chi connectivity index (χ1n) is 10.6. The molecule has 0 atom stereocenters. The summed E-state index contributed by atoms with van der Waals surface area (Å²) in [6, 6.07) is 6.68. The number of nitrogens with zero attached hydrogens (tertiary/aromatic N) is 4. The summed E-state index contributed by atoms with van der Waals surface area (Å²) in [6.07, 6.45) is -4.77. The second kappa shape index (κ2) is 9.48. The van der Waals surface area contributed by atoms with Gasteiger partial charge in [0, 0.05) is 12.1 Å².